The van der Waals surface area contributed by atoms with Crippen molar-refractivity contribution in [3.05, 3.63) is 206 Å². The van der Waals surface area contributed by atoms with Crippen molar-refractivity contribution < 1.29 is 0 Å². The number of benzene rings is 6. The maximum atomic E-state index is 2.60. The molecule has 2 aliphatic carbocycles. The molecule has 0 N–H and O–H groups in total. The van der Waals surface area contributed by atoms with E-state index in [1.165, 1.54) is 70.5 Å². The molecular weight excluding hydrogens is 657 g/mol. The van der Waals surface area contributed by atoms with Crippen LogP contribution in [0.15, 0.2) is 200 Å². The van der Waals surface area contributed by atoms with Gasteiger partial charge in [-0.1, -0.05) is 164 Å². The Bertz CT molecular complexity index is 2720. The van der Waals surface area contributed by atoms with Crippen molar-refractivity contribution in [1.82, 2.24) is 9.13 Å². The van der Waals surface area contributed by atoms with Crippen LogP contribution in [0.5, 0.6) is 0 Å². The van der Waals surface area contributed by atoms with Crippen LogP contribution in [0.4, 0.5) is 0 Å². The van der Waals surface area contributed by atoms with Gasteiger partial charge in [0.25, 0.3) is 0 Å². The maximum Gasteiger partial charge on any atom is 0.179 e. The summed E-state index contributed by atoms with van der Waals surface area (Å²) in [6.45, 7) is 0. The number of aromatic nitrogens is 2. The van der Waals surface area contributed by atoms with Crippen LogP contribution in [0.25, 0.3) is 44.1 Å². The molecule has 0 radical (unpaired) electrons. The zero-order chi connectivity index (χ0) is 34.9. The highest BCUT2D eigenvalue weighted by molar-refractivity contribution is 7.19. The average Bonchev–Trinajstić information content (AvgIpc) is 3.80. The fourth-order valence-corrected chi connectivity index (χ4v) is 14.8. The van der Waals surface area contributed by atoms with E-state index in [1.54, 1.807) is 0 Å². The molecule has 6 aromatic carbocycles. The van der Waals surface area contributed by atoms with E-state index in [-0.39, 0.29) is 0 Å². The molecule has 3 aliphatic rings. The van der Waals surface area contributed by atoms with Gasteiger partial charge in [-0.25, -0.2) is 0 Å². The van der Waals surface area contributed by atoms with Crippen molar-refractivity contribution in [2.45, 2.75) is 12.3 Å². The highest BCUT2D eigenvalue weighted by atomic mass is 28.3. The first kappa shape index (κ1) is 30.5. The standard InChI is InChI=1S/C50H38N2Si/c1-4-18-36(19-5-1)53(37-20-6-2-7-21-37,38-22-8-3-9-23-38)39-24-16-17-35(33-39)51-46-29-14-13-28-43(46)44-31-32-48-45(50(44)51)34-49-42-27-11-10-25-40(42)41-26-12-15-30-47(41)52(48)49/h1-25,27-34,40-42H,26H2. The van der Waals surface area contributed by atoms with Gasteiger partial charge in [0, 0.05) is 45.1 Å². The first-order valence-corrected chi connectivity index (χ1v) is 20.9. The Kier molecular flexibility index (Phi) is 6.86. The lowest BCUT2D eigenvalue weighted by Crippen LogP contribution is -2.74. The monoisotopic (exact) mass is 694 g/mol. The Morgan fingerprint density at radius 2 is 1.13 bits per heavy atom. The summed E-state index contributed by atoms with van der Waals surface area (Å²) in [5.41, 5.74) is 7.82. The molecule has 1 aliphatic heterocycles. The van der Waals surface area contributed by atoms with Gasteiger partial charge in [-0.05, 0) is 69.5 Å². The molecule has 0 amide bonds. The summed E-state index contributed by atoms with van der Waals surface area (Å²) in [7, 11) is -2.73. The second kappa shape index (κ2) is 11.9. The number of hydrogen-bond acceptors (Lipinski definition) is 0. The normalized spacial score (nSPS) is 18.9. The molecule has 3 unspecified atom stereocenters. The molecular formula is C50H38N2Si. The van der Waals surface area contributed by atoms with Crippen molar-refractivity contribution in [3.8, 4) is 5.69 Å². The Morgan fingerprint density at radius 1 is 0.491 bits per heavy atom. The minimum Gasteiger partial charge on any atom is -0.316 e. The molecule has 3 heteroatoms. The lowest BCUT2D eigenvalue weighted by molar-refractivity contribution is 0.401. The maximum absolute atomic E-state index is 2.73. The Labute approximate surface area is 311 Å². The lowest BCUT2D eigenvalue weighted by atomic mass is 9.71. The number of hydrogen-bond donors (Lipinski definition) is 0. The molecule has 8 aromatic rings. The molecule has 2 aromatic heterocycles. The van der Waals surface area contributed by atoms with Crippen LogP contribution in [-0.4, -0.2) is 17.2 Å². The average molecular weight is 695 g/mol. The van der Waals surface area contributed by atoms with Crippen molar-refractivity contribution in [1.29, 1.82) is 0 Å². The Hall–Kier alpha value is -6.16. The topological polar surface area (TPSA) is 9.86 Å². The van der Waals surface area contributed by atoms with E-state index >= 15 is 0 Å². The van der Waals surface area contributed by atoms with E-state index in [9.17, 15) is 0 Å². The summed E-state index contributed by atoms with van der Waals surface area (Å²) in [5, 5.41) is 9.41. The van der Waals surface area contributed by atoms with Gasteiger partial charge in [-0.3, -0.25) is 0 Å². The third-order valence-electron chi connectivity index (χ3n) is 12.2. The van der Waals surface area contributed by atoms with Gasteiger partial charge in [-0.15, -0.1) is 0 Å². The Morgan fingerprint density at radius 3 is 1.87 bits per heavy atom. The van der Waals surface area contributed by atoms with Crippen LogP contribution < -0.4 is 20.7 Å². The van der Waals surface area contributed by atoms with Gasteiger partial charge in [0.1, 0.15) is 0 Å². The van der Waals surface area contributed by atoms with Gasteiger partial charge < -0.3 is 9.13 Å². The van der Waals surface area contributed by atoms with E-state index in [0.29, 0.717) is 17.8 Å². The van der Waals surface area contributed by atoms with Crippen molar-refractivity contribution in [3.63, 3.8) is 0 Å². The molecule has 0 saturated heterocycles. The van der Waals surface area contributed by atoms with Crippen LogP contribution in [-0.2, 0) is 0 Å². The Balaban J connectivity index is 1.22. The number of rotatable bonds is 5. The molecule has 3 heterocycles. The van der Waals surface area contributed by atoms with E-state index in [1.807, 2.05) is 0 Å². The largest absolute Gasteiger partial charge is 0.316 e. The molecule has 0 saturated carbocycles. The fraction of sp³-hybridized carbons (Fsp3) is 0.0800. The second-order valence-electron chi connectivity index (χ2n) is 14.8. The third-order valence-corrected chi connectivity index (χ3v) is 17.0. The molecule has 252 valence electrons. The fourth-order valence-electron chi connectivity index (χ4n) is 10.0. The predicted octanol–water partition coefficient (Wildman–Crippen LogP) is 9.37. The number of fused-ring (bicyclic) bond motifs is 12. The van der Waals surface area contributed by atoms with Gasteiger partial charge in [0.05, 0.1) is 16.6 Å². The summed E-state index contributed by atoms with van der Waals surface area (Å²) in [6.07, 6.45) is 17.4. The molecule has 11 rings (SSSR count). The van der Waals surface area contributed by atoms with Crippen LogP contribution in [0.3, 0.4) is 0 Å². The third kappa shape index (κ3) is 4.38. The zero-order valence-electron chi connectivity index (χ0n) is 29.4. The summed E-state index contributed by atoms with van der Waals surface area (Å²) >= 11 is 0. The molecule has 53 heavy (non-hydrogen) atoms. The highest BCUT2D eigenvalue weighted by Gasteiger charge is 2.42. The smallest absolute Gasteiger partial charge is 0.179 e. The molecule has 3 atom stereocenters. The van der Waals surface area contributed by atoms with E-state index in [0.717, 1.165) is 6.42 Å². The van der Waals surface area contributed by atoms with E-state index in [2.05, 4.69) is 209 Å². The summed E-state index contributed by atoms with van der Waals surface area (Å²) in [5.74, 6) is 1.30. The van der Waals surface area contributed by atoms with Crippen molar-refractivity contribution in [2.24, 2.45) is 11.8 Å². The van der Waals surface area contributed by atoms with E-state index in [4.69, 9.17) is 0 Å². The summed E-state index contributed by atoms with van der Waals surface area (Å²) < 4.78 is 5.16. The van der Waals surface area contributed by atoms with E-state index < -0.39 is 8.07 Å². The summed E-state index contributed by atoms with van der Waals surface area (Å²) in [6, 6.07) is 59.5. The molecule has 0 spiro atoms. The van der Waals surface area contributed by atoms with Gasteiger partial charge >= 0.3 is 0 Å². The quantitative estimate of drug-likeness (QED) is 0.126. The first-order valence-electron chi connectivity index (χ1n) is 18.9. The van der Waals surface area contributed by atoms with Gasteiger partial charge in [0.15, 0.2) is 8.07 Å². The minimum absolute atomic E-state index is 0.353. The second-order valence-corrected chi connectivity index (χ2v) is 18.6. The summed E-state index contributed by atoms with van der Waals surface area (Å²) in [4.78, 5) is 0. The number of nitrogens with zero attached hydrogens (tertiary/aromatic N) is 2. The minimum atomic E-state index is -2.73. The number of allylic oxidation sites excluding steroid dienone is 8. The lowest BCUT2D eigenvalue weighted by Gasteiger charge is -2.40. The van der Waals surface area contributed by atoms with Gasteiger partial charge in [0.2, 0.25) is 0 Å². The number of para-hydroxylation sites is 1. The van der Waals surface area contributed by atoms with Crippen molar-refractivity contribution >= 4 is 67.2 Å². The molecule has 0 fully saturated rings. The van der Waals surface area contributed by atoms with Crippen LogP contribution in [0.2, 0.25) is 0 Å². The first-order chi connectivity index (χ1) is 26.3. The SMILES string of the molecule is C1=CCC2C(=C1)n1c(cc3c1ccc1c4ccccc4n(-c4cccc([Si](c5ccccc5)(c5ccccc5)c5ccccc5)c4)c13)C1C=CC=CC21. The molecule has 0 bridgehead atoms. The highest BCUT2D eigenvalue weighted by Crippen LogP contribution is 2.51. The van der Waals surface area contributed by atoms with Crippen LogP contribution in [0, 0.1) is 11.8 Å². The van der Waals surface area contributed by atoms with Crippen LogP contribution >= 0.6 is 0 Å². The van der Waals surface area contributed by atoms with Crippen LogP contribution in [0.1, 0.15) is 18.0 Å². The zero-order valence-corrected chi connectivity index (χ0v) is 30.4. The van der Waals surface area contributed by atoms with Crippen molar-refractivity contribution in [2.75, 3.05) is 0 Å². The van der Waals surface area contributed by atoms with Gasteiger partial charge in [-0.2, -0.15) is 0 Å². The predicted molar refractivity (Wildman–Crippen MR) is 226 cm³/mol. The molecule has 2 nitrogen and oxygen atoms in total.